The number of ether oxygens (including phenoxy) is 3. The van der Waals surface area contributed by atoms with Gasteiger partial charge in [0, 0.05) is 19.6 Å². The summed E-state index contributed by atoms with van der Waals surface area (Å²) in [6.07, 6.45) is 1.53. The van der Waals surface area contributed by atoms with Gasteiger partial charge in [-0.1, -0.05) is 42.5 Å². The van der Waals surface area contributed by atoms with Crippen molar-refractivity contribution < 1.29 is 36.6 Å². The van der Waals surface area contributed by atoms with Crippen molar-refractivity contribution in [1.82, 2.24) is 14.5 Å². The first kappa shape index (κ1) is 31.8. The highest BCUT2D eigenvalue weighted by atomic mass is 32.2. The van der Waals surface area contributed by atoms with Crippen molar-refractivity contribution in [2.75, 3.05) is 40.0 Å². The third-order valence-corrected chi connectivity index (χ3v) is 9.23. The molecule has 45 heavy (non-hydrogen) atoms. The van der Waals surface area contributed by atoms with E-state index < -0.39 is 27.9 Å². The number of amides is 2. The van der Waals surface area contributed by atoms with Gasteiger partial charge in [0.2, 0.25) is 15.9 Å². The van der Waals surface area contributed by atoms with Crippen LogP contribution in [0.5, 0.6) is 11.5 Å². The molecule has 2 heterocycles. The van der Waals surface area contributed by atoms with Crippen molar-refractivity contribution in [2.45, 2.75) is 24.0 Å². The van der Waals surface area contributed by atoms with Crippen LogP contribution in [0.2, 0.25) is 0 Å². The fraction of sp³-hybridized carbons (Fsp3) is 0.273. The summed E-state index contributed by atoms with van der Waals surface area (Å²) < 4.78 is 49.1. The number of nitrogens with zero attached hydrogens (tertiary/aromatic N) is 2. The molecule has 0 spiro atoms. The van der Waals surface area contributed by atoms with Crippen LogP contribution < -0.4 is 14.8 Å². The maximum Gasteiger partial charge on any atom is 0.261 e. The largest absolute Gasteiger partial charge is 0.497 e. The zero-order valence-electron chi connectivity index (χ0n) is 24.8. The molecular weight excluding hydrogens is 598 g/mol. The summed E-state index contributed by atoms with van der Waals surface area (Å²) in [7, 11) is -2.10. The van der Waals surface area contributed by atoms with Gasteiger partial charge in [-0.05, 0) is 59.7 Å². The lowest BCUT2D eigenvalue weighted by atomic mass is 10.0. The number of hydrogen-bond donors (Lipinski definition) is 1. The molecule has 0 saturated carbocycles. The van der Waals surface area contributed by atoms with Crippen LogP contribution in [0.4, 0.5) is 0 Å². The highest BCUT2D eigenvalue weighted by molar-refractivity contribution is 7.89. The van der Waals surface area contributed by atoms with Crippen molar-refractivity contribution in [3.8, 4) is 11.5 Å². The third kappa shape index (κ3) is 8.09. The Balaban J connectivity index is 1.36. The van der Waals surface area contributed by atoms with Gasteiger partial charge >= 0.3 is 0 Å². The molecular formula is C33H35N3O8S. The lowest BCUT2D eigenvalue weighted by Gasteiger charge is -2.31. The molecule has 1 atom stereocenters. The molecule has 12 heteroatoms. The Hall–Kier alpha value is -4.65. The van der Waals surface area contributed by atoms with E-state index in [1.54, 1.807) is 55.6 Å². The highest BCUT2D eigenvalue weighted by Gasteiger charge is 2.32. The van der Waals surface area contributed by atoms with E-state index in [0.29, 0.717) is 36.0 Å². The number of carbonyl (C=O) groups excluding carboxylic acids is 2. The second-order valence-electron chi connectivity index (χ2n) is 10.3. The molecule has 1 saturated heterocycles. The van der Waals surface area contributed by atoms with Crippen LogP contribution in [0.1, 0.15) is 22.9 Å². The predicted octanol–water partition coefficient (Wildman–Crippen LogP) is 3.77. The molecule has 1 aliphatic heterocycles. The molecule has 0 bridgehead atoms. The highest BCUT2D eigenvalue weighted by Crippen LogP contribution is 2.26. The van der Waals surface area contributed by atoms with Crippen LogP contribution >= 0.6 is 0 Å². The average Bonchev–Trinajstić information content (AvgIpc) is 3.61. The first-order chi connectivity index (χ1) is 21.8. The topological polar surface area (TPSA) is 128 Å². The van der Waals surface area contributed by atoms with Gasteiger partial charge in [0.25, 0.3) is 5.91 Å². The smallest absolute Gasteiger partial charge is 0.261 e. The van der Waals surface area contributed by atoms with E-state index >= 15 is 0 Å². The Kier molecular flexibility index (Phi) is 10.5. The second kappa shape index (κ2) is 14.9. The normalized spacial score (nSPS) is 14.3. The van der Waals surface area contributed by atoms with Crippen molar-refractivity contribution in [1.29, 1.82) is 0 Å². The van der Waals surface area contributed by atoms with Crippen molar-refractivity contribution in [3.05, 3.63) is 114 Å². The molecule has 1 unspecified atom stereocenters. The van der Waals surface area contributed by atoms with E-state index in [1.165, 1.54) is 39.7 Å². The lowest BCUT2D eigenvalue weighted by Crippen LogP contribution is -2.45. The minimum atomic E-state index is -3.67. The van der Waals surface area contributed by atoms with Crippen molar-refractivity contribution in [2.24, 2.45) is 0 Å². The molecule has 0 aliphatic carbocycles. The number of benzene rings is 3. The number of nitrogens with one attached hydrogen (secondary N) is 1. The average molecular weight is 634 g/mol. The molecule has 4 aromatic rings. The molecule has 3 aromatic carbocycles. The van der Waals surface area contributed by atoms with E-state index in [-0.39, 0.29) is 37.7 Å². The predicted molar refractivity (Wildman–Crippen MR) is 165 cm³/mol. The number of morpholine rings is 1. The Labute approximate surface area is 262 Å². The molecule has 1 fully saturated rings. The quantitative estimate of drug-likeness (QED) is 0.236. The van der Waals surface area contributed by atoms with Crippen LogP contribution in [0.15, 0.2) is 107 Å². The standard InChI is InChI=1S/C33H35N3O8S/c1-41-27-11-9-25(10-12-27)23-36(32(26-6-3-2-4-7-26)33(38)34-22-29-8-5-19-43-29)31(37)24-44-28-13-15-30(16-14-28)45(39,40)35-17-20-42-21-18-35/h2-16,19,32H,17-18,20-24H2,1H3,(H,34,38). The maximum atomic E-state index is 13.9. The summed E-state index contributed by atoms with van der Waals surface area (Å²) in [4.78, 5) is 29.2. The maximum absolute atomic E-state index is 13.9. The SMILES string of the molecule is COc1ccc(CN(C(=O)COc2ccc(S(=O)(=O)N3CCOCC3)cc2)C(C(=O)NCc2ccco2)c2ccccc2)cc1. The van der Waals surface area contributed by atoms with Gasteiger partial charge in [-0.15, -0.1) is 0 Å². The minimum Gasteiger partial charge on any atom is -0.497 e. The molecule has 0 radical (unpaired) electrons. The van der Waals surface area contributed by atoms with Gasteiger partial charge < -0.3 is 28.8 Å². The molecule has 236 valence electrons. The summed E-state index contributed by atoms with van der Waals surface area (Å²) in [5, 5.41) is 2.89. The number of hydrogen-bond acceptors (Lipinski definition) is 8. The lowest BCUT2D eigenvalue weighted by molar-refractivity contribution is -0.143. The number of sulfonamides is 1. The Morgan fingerprint density at radius 1 is 0.911 bits per heavy atom. The van der Waals surface area contributed by atoms with Gasteiger partial charge in [-0.25, -0.2) is 8.42 Å². The van der Waals surface area contributed by atoms with E-state index in [2.05, 4.69) is 5.32 Å². The Morgan fingerprint density at radius 3 is 2.24 bits per heavy atom. The molecule has 11 nitrogen and oxygen atoms in total. The van der Waals surface area contributed by atoms with E-state index in [4.69, 9.17) is 18.6 Å². The minimum absolute atomic E-state index is 0.108. The zero-order chi connectivity index (χ0) is 31.6. The molecule has 1 N–H and O–H groups in total. The van der Waals surface area contributed by atoms with Crippen molar-refractivity contribution in [3.63, 3.8) is 0 Å². The number of furan rings is 1. The van der Waals surface area contributed by atoms with E-state index in [0.717, 1.165) is 5.56 Å². The summed E-state index contributed by atoms with van der Waals surface area (Å²) in [5.41, 5.74) is 1.40. The summed E-state index contributed by atoms with van der Waals surface area (Å²) in [6, 6.07) is 24.7. The summed E-state index contributed by atoms with van der Waals surface area (Å²) in [6.45, 7) is 1.14. The van der Waals surface area contributed by atoms with Gasteiger partial charge in [-0.2, -0.15) is 4.31 Å². The fourth-order valence-electron chi connectivity index (χ4n) is 4.92. The molecule has 1 aliphatic rings. The zero-order valence-corrected chi connectivity index (χ0v) is 25.6. The second-order valence-corrected chi connectivity index (χ2v) is 12.2. The van der Waals surface area contributed by atoms with Crippen molar-refractivity contribution >= 4 is 21.8 Å². The monoisotopic (exact) mass is 633 g/mol. The van der Waals surface area contributed by atoms with Crippen LogP contribution in [0.3, 0.4) is 0 Å². The summed E-state index contributed by atoms with van der Waals surface area (Å²) >= 11 is 0. The summed E-state index contributed by atoms with van der Waals surface area (Å²) in [5.74, 6) is 0.711. The fourth-order valence-corrected chi connectivity index (χ4v) is 6.32. The molecule has 1 aromatic heterocycles. The van der Waals surface area contributed by atoms with E-state index in [9.17, 15) is 18.0 Å². The van der Waals surface area contributed by atoms with Gasteiger partial charge in [0.05, 0.1) is 38.0 Å². The first-order valence-electron chi connectivity index (χ1n) is 14.4. The molecule has 5 rings (SSSR count). The number of rotatable bonds is 13. The van der Waals surface area contributed by atoms with Gasteiger partial charge in [-0.3, -0.25) is 9.59 Å². The van der Waals surface area contributed by atoms with Crippen LogP contribution in [0, 0.1) is 0 Å². The molecule has 2 amide bonds. The van der Waals surface area contributed by atoms with Gasteiger partial charge in [0.1, 0.15) is 23.3 Å². The van der Waals surface area contributed by atoms with Crippen LogP contribution in [-0.2, 0) is 37.4 Å². The van der Waals surface area contributed by atoms with Gasteiger partial charge in [0.15, 0.2) is 6.61 Å². The van der Waals surface area contributed by atoms with E-state index in [1.807, 2.05) is 18.2 Å². The van der Waals surface area contributed by atoms with Crippen LogP contribution in [0.25, 0.3) is 0 Å². The van der Waals surface area contributed by atoms with Crippen LogP contribution in [-0.4, -0.2) is 69.5 Å². The number of carbonyl (C=O) groups is 2. The first-order valence-corrected chi connectivity index (χ1v) is 15.9. The third-order valence-electron chi connectivity index (χ3n) is 7.32. The number of methoxy groups -OCH3 is 1. The Morgan fingerprint density at radius 2 is 1.60 bits per heavy atom. The Bertz CT molecular complexity index is 1640.